The van der Waals surface area contributed by atoms with Crippen molar-refractivity contribution >= 4 is 11.7 Å². The molecule has 0 aromatic heterocycles. The summed E-state index contributed by atoms with van der Waals surface area (Å²) in [5.41, 5.74) is 2.65. The van der Waals surface area contributed by atoms with E-state index >= 15 is 0 Å². The molecule has 0 saturated carbocycles. The summed E-state index contributed by atoms with van der Waals surface area (Å²) in [7, 11) is 0. The molecule has 0 radical (unpaired) electrons. The average Bonchev–Trinajstić information content (AvgIpc) is 3.04. The number of allylic oxidation sites excluding steroid dienone is 2. The lowest BCUT2D eigenvalue weighted by atomic mass is 9.77. The Balaban J connectivity index is 1.75. The molecule has 1 heterocycles. The van der Waals surface area contributed by atoms with E-state index in [2.05, 4.69) is 17.5 Å². The van der Waals surface area contributed by atoms with E-state index in [0.29, 0.717) is 11.6 Å². The number of anilines is 1. The minimum atomic E-state index is -1.19. The highest BCUT2D eigenvalue weighted by molar-refractivity contribution is 5.85. The fraction of sp³-hybridized carbons (Fsp3) is 0.211. The molecular formula is C19H15FNO2-. The maximum absolute atomic E-state index is 14.2. The third-order valence-electron chi connectivity index (χ3n) is 4.85. The minimum absolute atomic E-state index is 0.0461. The molecule has 0 amide bonds. The highest BCUT2D eigenvalue weighted by Gasteiger charge is 2.38. The van der Waals surface area contributed by atoms with Gasteiger partial charge in [-0.25, -0.2) is 4.39 Å². The van der Waals surface area contributed by atoms with Crippen LogP contribution in [0.1, 0.15) is 39.9 Å². The van der Waals surface area contributed by atoms with E-state index in [1.54, 1.807) is 30.3 Å². The molecule has 3 nitrogen and oxygen atoms in total. The summed E-state index contributed by atoms with van der Waals surface area (Å²) in [6.45, 7) is 0. The van der Waals surface area contributed by atoms with Gasteiger partial charge in [-0.3, -0.25) is 0 Å². The number of carbonyl (C=O) groups excluding carboxylic acids is 1. The van der Waals surface area contributed by atoms with E-state index in [1.165, 1.54) is 6.07 Å². The van der Waals surface area contributed by atoms with Crippen LogP contribution in [-0.4, -0.2) is 5.97 Å². The number of carboxylic acid groups (broad SMARTS) is 1. The van der Waals surface area contributed by atoms with Crippen molar-refractivity contribution in [1.29, 1.82) is 0 Å². The van der Waals surface area contributed by atoms with Crippen LogP contribution in [-0.2, 0) is 0 Å². The SMILES string of the molecule is O=C([O-])c1ccc([C@H]2Nc3c(F)cccc3[C@H]3C=CC[C@H]32)cc1. The van der Waals surface area contributed by atoms with Crippen molar-refractivity contribution in [1.82, 2.24) is 0 Å². The molecular weight excluding hydrogens is 293 g/mol. The van der Waals surface area contributed by atoms with Crippen LogP contribution in [0.25, 0.3) is 0 Å². The van der Waals surface area contributed by atoms with Gasteiger partial charge in [-0.1, -0.05) is 48.6 Å². The first-order valence-corrected chi connectivity index (χ1v) is 7.68. The van der Waals surface area contributed by atoms with Crippen LogP contribution in [0.3, 0.4) is 0 Å². The second kappa shape index (κ2) is 5.23. The first kappa shape index (κ1) is 14.0. The number of hydrogen-bond acceptors (Lipinski definition) is 3. The first-order chi connectivity index (χ1) is 11.1. The number of rotatable bonds is 2. The normalized spacial score (nSPS) is 24.7. The highest BCUT2D eigenvalue weighted by Crippen LogP contribution is 2.50. The molecule has 116 valence electrons. The molecule has 0 spiro atoms. The van der Waals surface area contributed by atoms with Crippen molar-refractivity contribution in [3.8, 4) is 0 Å². The minimum Gasteiger partial charge on any atom is -0.545 e. The smallest absolute Gasteiger partial charge is 0.146 e. The Morgan fingerprint density at radius 2 is 1.96 bits per heavy atom. The van der Waals surface area contributed by atoms with Gasteiger partial charge < -0.3 is 15.2 Å². The van der Waals surface area contributed by atoms with Crippen LogP contribution in [0.15, 0.2) is 54.6 Å². The lowest BCUT2D eigenvalue weighted by molar-refractivity contribution is -0.255. The number of benzene rings is 2. The molecule has 2 aromatic rings. The fourth-order valence-electron chi connectivity index (χ4n) is 3.74. The van der Waals surface area contributed by atoms with Crippen LogP contribution in [0.4, 0.5) is 10.1 Å². The topological polar surface area (TPSA) is 52.2 Å². The largest absolute Gasteiger partial charge is 0.545 e. The Kier molecular flexibility index (Phi) is 3.18. The van der Waals surface area contributed by atoms with Crippen LogP contribution in [0.5, 0.6) is 0 Å². The van der Waals surface area contributed by atoms with Gasteiger partial charge in [0, 0.05) is 5.92 Å². The number of aromatic carboxylic acids is 1. The lowest BCUT2D eigenvalue weighted by Crippen LogP contribution is -2.30. The number of carbonyl (C=O) groups is 1. The van der Waals surface area contributed by atoms with Crippen molar-refractivity contribution < 1.29 is 14.3 Å². The number of fused-ring (bicyclic) bond motifs is 3. The highest BCUT2D eigenvalue weighted by atomic mass is 19.1. The average molecular weight is 308 g/mol. The van der Waals surface area contributed by atoms with Gasteiger partial charge in [0.25, 0.3) is 0 Å². The summed E-state index contributed by atoms with van der Waals surface area (Å²) < 4.78 is 14.2. The molecule has 3 atom stereocenters. The molecule has 4 rings (SSSR count). The summed E-state index contributed by atoms with van der Waals surface area (Å²) in [5, 5.41) is 14.2. The summed E-state index contributed by atoms with van der Waals surface area (Å²) in [6, 6.07) is 11.8. The zero-order valence-electron chi connectivity index (χ0n) is 12.3. The van der Waals surface area contributed by atoms with E-state index in [1.807, 2.05) is 6.07 Å². The molecule has 2 aliphatic rings. The Morgan fingerprint density at radius 1 is 1.17 bits per heavy atom. The van der Waals surface area contributed by atoms with Crippen molar-refractivity contribution in [3.63, 3.8) is 0 Å². The molecule has 1 N–H and O–H groups in total. The molecule has 1 aliphatic carbocycles. The number of hydrogen-bond donors (Lipinski definition) is 1. The predicted octanol–water partition coefficient (Wildman–Crippen LogP) is 3.02. The maximum Gasteiger partial charge on any atom is 0.146 e. The van der Waals surface area contributed by atoms with E-state index in [0.717, 1.165) is 17.5 Å². The standard InChI is InChI=1S/C19H16FNO2/c20-16-6-2-5-15-13-3-1-4-14(13)17(21-18(15)16)11-7-9-12(10-8-11)19(22)23/h1-3,5-10,13-14,17,21H,4H2,(H,22,23)/p-1/t13-,14+,17+/m0/s1. The number of para-hydroxylation sites is 1. The van der Waals surface area contributed by atoms with Crippen molar-refractivity contribution in [2.45, 2.75) is 18.4 Å². The Morgan fingerprint density at radius 3 is 2.70 bits per heavy atom. The van der Waals surface area contributed by atoms with Crippen LogP contribution in [0.2, 0.25) is 0 Å². The van der Waals surface area contributed by atoms with Gasteiger partial charge in [0.1, 0.15) is 5.82 Å². The predicted molar refractivity (Wildman–Crippen MR) is 83.5 cm³/mol. The molecule has 0 unspecified atom stereocenters. The molecule has 2 aromatic carbocycles. The third-order valence-corrected chi connectivity index (χ3v) is 4.85. The third kappa shape index (κ3) is 2.22. The van der Waals surface area contributed by atoms with Crippen LogP contribution in [0, 0.1) is 11.7 Å². The molecule has 0 bridgehead atoms. The fourth-order valence-corrected chi connectivity index (χ4v) is 3.74. The number of nitrogens with one attached hydrogen (secondary N) is 1. The van der Waals surface area contributed by atoms with E-state index < -0.39 is 5.97 Å². The molecule has 0 saturated heterocycles. The monoisotopic (exact) mass is 308 g/mol. The molecule has 23 heavy (non-hydrogen) atoms. The second-order valence-corrected chi connectivity index (χ2v) is 6.09. The molecule has 0 fully saturated rings. The van der Waals surface area contributed by atoms with Crippen molar-refractivity contribution in [2.75, 3.05) is 5.32 Å². The van der Waals surface area contributed by atoms with Gasteiger partial charge in [-0.15, -0.1) is 0 Å². The van der Waals surface area contributed by atoms with Crippen molar-refractivity contribution in [3.05, 3.63) is 77.1 Å². The zero-order chi connectivity index (χ0) is 16.0. The summed E-state index contributed by atoms with van der Waals surface area (Å²) in [4.78, 5) is 10.9. The first-order valence-electron chi connectivity index (χ1n) is 7.68. The summed E-state index contributed by atoms with van der Waals surface area (Å²) in [5.74, 6) is -0.951. The Bertz CT molecular complexity index is 798. The quantitative estimate of drug-likeness (QED) is 0.868. The summed E-state index contributed by atoms with van der Waals surface area (Å²) >= 11 is 0. The molecule has 4 heteroatoms. The summed E-state index contributed by atoms with van der Waals surface area (Å²) in [6.07, 6.45) is 5.20. The van der Waals surface area contributed by atoms with Crippen molar-refractivity contribution in [2.24, 2.45) is 5.92 Å². The Labute approximate surface area is 133 Å². The van der Waals surface area contributed by atoms with Crippen LogP contribution < -0.4 is 10.4 Å². The van der Waals surface area contributed by atoms with E-state index in [4.69, 9.17) is 0 Å². The number of carboxylic acids is 1. The lowest BCUT2D eigenvalue weighted by Gasteiger charge is -2.37. The zero-order valence-corrected chi connectivity index (χ0v) is 12.3. The van der Waals surface area contributed by atoms with E-state index in [-0.39, 0.29) is 23.3 Å². The number of halogens is 1. The van der Waals surface area contributed by atoms with E-state index in [9.17, 15) is 14.3 Å². The maximum atomic E-state index is 14.2. The Hall–Kier alpha value is -2.62. The molecule has 1 aliphatic heterocycles. The van der Waals surface area contributed by atoms with Gasteiger partial charge in [0.05, 0.1) is 17.7 Å². The second-order valence-electron chi connectivity index (χ2n) is 6.09. The van der Waals surface area contributed by atoms with Crippen LogP contribution >= 0.6 is 0 Å². The van der Waals surface area contributed by atoms with Gasteiger partial charge in [-0.05, 0) is 35.1 Å². The van der Waals surface area contributed by atoms with Gasteiger partial charge in [0.15, 0.2) is 0 Å². The van der Waals surface area contributed by atoms with Gasteiger partial charge in [0.2, 0.25) is 0 Å². The van der Waals surface area contributed by atoms with Gasteiger partial charge in [-0.2, -0.15) is 0 Å². The van der Waals surface area contributed by atoms with Gasteiger partial charge >= 0.3 is 0 Å².